The van der Waals surface area contributed by atoms with Gasteiger partial charge in [0.2, 0.25) is 0 Å². The van der Waals surface area contributed by atoms with E-state index < -0.39 is 23.9 Å². The monoisotopic (exact) mass is 317 g/mol. The van der Waals surface area contributed by atoms with Gasteiger partial charge in [0.25, 0.3) is 11.8 Å². The van der Waals surface area contributed by atoms with Crippen molar-refractivity contribution in [2.45, 2.75) is 51.2 Å². The van der Waals surface area contributed by atoms with Crippen LogP contribution in [0.3, 0.4) is 0 Å². The summed E-state index contributed by atoms with van der Waals surface area (Å²) in [5, 5.41) is 0.650. The van der Waals surface area contributed by atoms with Crippen molar-refractivity contribution in [2.24, 2.45) is 0 Å². The summed E-state index contributed by atoms with van der Waals surface area (Å²) in [6.45, 7) is 1.48. The number of imide groups is 1. The Morgan fingerprint density at radius 1 is 1.09 bits per heavy atom. The molecule has 0 radical (unpaired) electrons. The van der Waals surface area contributed by atoms with Crippen LogP contribution < -0.4 is 0 Å². The molecule has 1 aliphatic heterocycles. The molecule has 1 fully saturated rings. The molecule has 0 bridgehead atoms. The van der Waals surface area contributed by atoms with E-state index in [-0.39, 0.29) is 17.2 Å². The first-order valence-corrected chi connectivity index (χ1v) is 7.93. The Morgan fingerprint density at radius 2 is 1.65 bits per heavy atom. The fraction of sp³-hybridized carbons (Fsp3) is 0.471. The van der Waals surface area contributed by atoms with E-state index in [2.05, 4.69) is 0 Å². The number of ether oxygens (including phenoxy) is 1. The number of rotatable bonds is 4. The van der Waals surface area contributed by atoms with Gasteiger partial charge in [0.05, 0.1) is 11.1 Å². The fourth-order valence-electron chi connectivity index (χ4n) is 2.91. The summed E-state index contributed by atoms with van der Waals surface area (Å²) >= 11 is 0. The summed E-state index contributed by atoms with van der Waals surface area (Å²) in [5.41, 5.74) is 0.565. The second kappa shape index (κ2) is 6.50. The van der Waals surface area contributed by atoms with E-state index >= 15 is 0 Å². The Labute approximate surface area is 134 Å². The van der Waals surface area contributed by atoms with E-state index in [9.17, 15) is 14.4 Å². The van der Waals surface area contributed by atoms with Gasteiger partial charge < -0.3 is 4.74 Å². The van der Waals surface area contributed by atoms with Crippen LogP contribution in [-0.4, -0.2) is 35.1 Å². The molecule has 2 amide bonds. The lowest BCUT2D eigenvalue weighted by atomic mass is 9.98. The molecule has 1 unspecified atom stereocenters. The molecular weight excluding hydrogens is 298 g/mol. The molecule has 1 aliphatic carbocycles. The zero-order valence-corrected chi connectivity index (χ0v) is 13.0. The third-order valence-electron chi connectivity index (χ3n) is 4.19. The standard InChI is InChI=1S/C17H19NO5/c1-11(17(21)22-12-7-3-2-4-8-12)23-18-15(19)13-9-5-6-10-14(13)16(18)20/h5-6,9-12H,2-4,7-8H2,1H3. The van der Waals surface area contributed by atoms with Gasteiger partial charge in [-0.2, -0.15) is 0 Å². The summed E-state index contributed by atoms with van der Waals surface area (Å²) in [4.78, 5) is 41.7. The molecule has 0 spiro atoms. The van der Waals surface area contributed by atoms with Crippen molar-refractivity contribution in [3.05, 3.63) is 35.4 Å². The number of carbonyl (C=O) groups is 3. The molecule has 23 heavy (non-hydrogen) atoms. The summed E-state index contributed by atoms with van der Waals surface area (Å²) in [5.74, 6) is -1.65. The van der Waals surface area contributed by atoms with Crippen molar-refractivity contribution in [3.8, 4) is 0 Å². The largest absolute Gasteiger partial charge is 0.460 e. The third-order valence-corrected chi connectivity index (χ3v) is 4.19. The van der Waals surface area contributed by atoms with Gasteiger partial charge in [0.1, 0.15) is 6.10 Å². The molecule has 1 aromatic rings. The molecule has 2 aliphatic rings. The van der Waals surface area contributed by atoms with Gasteiger partial charge >= 0.3 is 5.97 Å². The molecule has 0 saturated heterocycles. The van der Waals surface area contributed by atoms with Gasteiger partial charge in [-0.15, -0.1) is 5.06 Å². The Balaban J connectivity index is 1.62. The molecule has 122 valence electrons. The molecule has 1 saturated carbocycles. The number of fused-ring (bicyclic) bond motifs is 1. The maximum absolute atomic E-state index is 12.2. The summed E-state index contributed by atoms with van der Waals surface area (Å²) in [6.07, 6.45) is 3.85. The van der Waals surface area contributed by atoms with E-state index in [4.69, 9.17) is 9.57 Å². The zero-order valence-electron chi connectivity index (χ0n) is 13.0. The van der Waals surface area contributed by atoms with Gasteiger partial charge in [0, 0.05) is 0 Å². The van der Waals surface area contributed by atoms with E-state index in [1.165, 1.54) is 6.92 Å². The number of esters is 1. The highest BCUT2D eigenvalue weighted by atomic mass is 16.7. The van der Waals surface area contributed by atoms with E-state index in [0.29, 0.717) is 5.06 Å². The van der Waals surface area contributed by atoms with Crippen molar-refractivity contribution >= 4 is 17.8 Å². The molecule has 1 atom stereocenters. The van der Waals surface area contributed by atoms with Crippen molar-refractivity contribution in [1.29, 1.82) is 0 Å². The summed E-state index contributed by atoms with van der Waals surface area (Å²) in [7, 11) is 0. The number of benzene rings is 1. The molecular formula is C17H19NO5. The molecule has 6 heteroatoms. The Hall–Kier alpha value is -2.21. The first kappa shape index (κ1) is 15.7. The van der Waals surface area contributed by atoms with Crippen molar-refractivity contribution < 1.29 is 24.0 Å². The van der Waals surface area contributed by atoms with Crippen LogP contribution in [0.2, 0.25) is 0 Å². The van der Waals surface area contributed by atoms with Crippen LogP contribution in [0.4, 0.5) is 0 Å². The topological polar surface area (TPSA) is 72.9 Å². The lowest BCUT2D eigenvalue weighted by molar-refractivity contribution is -0.183. The van der Waals surface area contributed by atoms with Crippen LogP contribution in [0.25, 0.3) is 0 Å². The van der Waals surface area contributed by atoms with Gasteiger partial charge in [0.15, 0.2) is 6.10 Å². The SMILES string of the molecule is CC(ON1C(=O)c2ccccc2C1=O)C(=O)OC1CCCCC1. The Bertz CT molecular complexity index is 601. The van der Waals surface area contributed by atoms with E-state index in [1.54, 1.807) is 24.3 Å². The van der Waals surface area contributed by atoms with Crippen LogP contribution in [0, 0.1) is 0 Å². The highest BCUT2D eigenvalue weighted by Crippen LogP contribution is 2.24. The third kappa shape index (κ3) is 3.12. The number of carbonyl (C=O) groups excluding carboxylic acids is 3. The van der Waals surface area contributed by atoms with Crippen LogP contribution in [0.15, 0.2) is 24.3 Å². The predicted molar refractivity (Wildman–Crippen MR) is 80.5 cm³/mol. The van der Waals surface area contributed by atoms with Crippen LogP contribution in [-0.2, 0) is 14.4 Å². The number of hydroxylamine groups is 2. The number of hydrogen-bond acceptors (Lipinski definition) is 5. The van der Waals surface area contributed by atoms with Gasteiger partial charge in [-0.1, -0.05) is 18.6 Å². The van der Waals surface area contributed by atoms with Crippen LogP contribution in [0.5, 0.6) is 0 Å². The molecule has 1 heterocycles. The Morgan fingerprint density at radius 3 is 2.22 bits per heavy atom. The molecule has 3 rings (SSSR count). The first-order chi connectivity index (χ1) is 11.1. The van der Waals surface area contributed by atoms with Crippen LogP contribution in [0.1, 0.15) is 59.7 Å². The van der Waals surface area contributed by atoms with Crippen molar-refractivity contribution in [3.63, 3.8) is 0 Å². The maximum atomic E-state index is 12.2. The second-order valence-electron chi connectivity index (χ2n) is 5.89. The quantitative estimate of drug-likeness (QED) is 0.630. The predicted octanol–water partition coefficient (Wildman–Crippen LogP) is 2.48. The molecule has 0 aromatic heterocycles. The van der Waals surface area contributed by atoms with Gasteiger partial charge in [-0.3, -0.25) is 9.59 Å². The van der Waals surface area contributed by atoms with Crippen molar-refractivity contribution in [2.75, 3.05) is 0 Å². The zero-order chi connectivity index (χ0) is 16.4. The minimum Gasteiger partial charge on any atom is -0.460 e. The number of nitrogens with zero attached hydrogens (tertiary/aromatic N) is 1. The van der Waals surface area contributed by atoms with E-state index in [1.807, 2.05) is 0 Å². The summed E-state index contributed by atoms with van der Waals surface area (Å²) < 4.78 is 5.40. The molecule has 1 aromatic carbocycles. The highest BCUT2D eigenvalue weighted by Gasteiger charge is 2.39. The highest BCUT2D eigenvalue weighted by molar-refractivity contribution is 6.20. The van der Waals surface area contributed by atoms with Gasteiger partial charge in [-0.25, -0.2) is 9.63 Å². The van der Waals surface area contributed by atoms with E-state index in [0.717, 1.165) is 32.1 Å². The van der Waals surface area contributed by atoms with Crippen LogP contribution >= 0.6 is 0 Å². The average molecular weight is 317 g/mol. The maximum Gasteiger partial charge on any atom is 0.338 e. The lowest BCUT2D eigenvalue weighted by Crippen LogP contribution is -2.38. The summed E-state index contributed by atoms with van der Waals surface area (Å²) in [6, 6.07) is 6.47. The molecule has 0 N–H and O–H groups in total. The Kier molecular flexibility index (Phi) is 4.43. The average Bonchev–Trinajstić information content (AvgIpc) is 2.81. The minimum absolute atomic E-state index is 0.0931. The second-order valence-corrected chi connectivity index (χ2v) is 5.89. The first-order valence-electron chi connectivity index (χ1n) is 7.93. The number of amides is 2. The minimum atomic E-state index is -1.01. The lowest BCUT2D eigenvalue weighted by Gasteiger charge is -2.24. The van der Waals surface area contributed by atoms with Crippen molar-refractivity contribution in [1.82, 2.24) is 5.06 Å². The normalized spacial score (nSPS) is 19.6. The fourth-order valence-corrected chi connectivity index (χ4v) is 2.91. The smallest absolute Gasteiger partial charge is 0.338 e. The number of hydrogen-bond donors (Lipinski definition) is 0. The molecule has 6 nitrogen and oxygen atoms in total. The van der Waals surface area contributed by atoms with Gasteiger partial charge in [-0.05, 0) is 44.7 Å².